The van der Waals surface area contributed by atoms with E-state index in [2.05, 4.69) is 30.0 Å². The molecule has 0 saturated carbocycles. The van der Waals surface area contributed by atoms with E-state index in [1.807, 2.05) is 19.9 Å². The third-order valence-electron chi connectivity index (χ3n) is 4.57. The highest BCUT2D eigenvalue weighted by Gasteiger charge is 2.19. The molecular weight excluding hydrogens is 412 g/mol. The van der Waals surface area contributed by atoms with Crippen molar-refractivity contribution < 1.29 is 17.9 Å². The lowest BCUT2D eigenvalue weighted by atomic mass is 9.93. The maximum atomic E-state index is 12.7. The van der Waals surface area contributed by atoms with Crippen LogP contribution in [0.15, 0.2) is 30.3 Å². The van der Waals surface area contributed by atoms with Crippen LogP contribution in [0.25, 0.3) is 0 Å². The van der Waals surface area contributed by atoms with Gasteiger partial charge in [-0.2, -0.15) is 0 Å². The van der Waals surface area contributed by atoms with Gasteiger partial charge in [0.1, 0.15) is 5.75 Å². The molecule has 2 aromatic rings. The van der Waals surface area contributed by atoms with Crippen LogP contribution in [0.5, 0.6) is 5.75 Å². The number of aryl methyl sites for hydroxylation is 1. The molecule has 2 aromatic carbocycles. The molecule has 0 heterocycles. The van der Waals surface area contributed by atoms with Crippen molar-refractivity contribution >= 4 is 33.2 Å². The summed E-state index contributed by atoms with van der Waals surface area (Å²) in [5, 5.41) is 3.13. The van der Waals surface area contributed by atoms with Crippen LogP contribution in [0.2, 0.25) is 5.02 Å². The van der Waals surface area contributed by atoms with Crippen LogP contribution in [0.3, 0.4) is 0 Å². The van der Waals surface area contributed by atoms with Crippen molar-refractivity contribution in [1.29, 1.82) is 0 Å². The van der Waals surface area contributed by atoms with Crippen LogP contribution >= 0.6 is 11.6 Å². The average Bonchev–Trinajstić information content (AvgIpc) is 2.59. The van der Waals surface area contributed by atoms with Crippen LogP contribution < -0.4 is 14.8 Å². The van der Waals surface area contributed by atoms with E-state index < -0.39 is 10.0 Å². The van der Waals surface area contributed by atoms with E-state index in [9.17, 15) is 13.2 Å². The number of carbonyl (C=O) groups is 1. The van der Waals surface area contributed by atoms with Gasteiger partial charge in [0.05, 0.1) is 30.0 Å². The van der Waals surface area contributed by atoms with Crippen molar-refractivity contribution in [3.8, 4) is 5.75 Å². The van der Waals surface area contributed by atoms with E-state index in [-0.39, 0.29) is 28.5 Å². The lowest BCUT2D eigenvalue weighted by molar-refractivity contribution is 0.0940. The molecule has 29 heavy (non-hydrogen) atoms. The van der Waals surface area contributed by atoms with Crippen LogP contribution in [-0.4, -0.2) is 27.7 Å². The summed E-state index contributed by atoms with van der Waals surface area (Å²) >= 11 is 6.21. The minimum Gasteiger partial charge on any atom is -0.496 e. The summed E-state index contributed by atoms with van der Waals surface area (Å²) < 4.78 is 30.5. The number of hydrogen-bond donors (Lipinski definition) is 2. The molecule has 0 aliphatic rings. The zero-order chi connectivity index (χ0) is 21.9. The van der Waals surface area contributed by atoms with Gasteiger partial charge < -0.3 is 10.1 Å². The summed E-state index contributed by atoms with van der Waals surface area (Å²) in [5.74, 6) is 0.767. The predicted octanol–water partition coefficient (Wildman–Crippen LogP) is 4.64. The van der Waals surface area contributed by atoms with Gasteiger partial charge in [-0.25, -0.2) is 8.42 Å². The second-order valence-electron chi connectivity index (χ2n) is 7.37. The first-order valence-electron chi connectivity index (χ1n) is 9.19. The second-order valence-corrected chi connectivity index (χ2v) is 9.53. The van der Waals surface area contributed by atoms with Gasteiger partial charge in [-0.3, -0.25) is 9.52 Å². The Morgan fingerprint density at radius 3 is 2.28 bits per heavy atom. The van der Waals surface area contributed by atoms with Crippen molar-refractivity contribution in [1.82, 2.24) is 5.32 Å². The number of anilines is 1. The Hall–Kier alpha value is -2.25. The number of benzene rings is 2. The molecule has 2 rings (SSSR count). The zero-order valence-corrected chi connectivity index (χ0v) is 19.0. The van der Waals surface area contributed by atoms with E-state index in [0.29, 0.717) is 5.69 Å². The first-order valence-corrected chi connectivity index (χ1v) is 11.5. The van der Waals surface area contributed by atoms with Crippen LogP contribution in [-0.2, 0) is 10.0 Å². The summed E-state index contributed by atoms with van der Waals surface area (Å²) in [6, 6.07) is 8.20. The molecule has 8 heteroatoms. The molecule has 6 nitrogen and oxygen atoms in total. The van der Waals surface area contributed by atoms with Gasteiger partial charge >= 0.3 is 0 Å². The Morgan fingerprint density at radius 1 is 1.10 bits per heavy atom. The van der Waals surface area contributed by atoms with Crippen molar-refractivity contribution in [2.45, 2.75) is 39.7 Å². The zero-order valence-electron chi connectivity index (χ0n) is 17.5. The van der Waals surface area contributed by atoms with Gasteiger partial charge in [0.15, 0.2) is 0 Å². The van der Waals surface area contributed by atoms with Gasteiger partial charge in [-0.15, -0.1) is 0 Å². The molecular formula is C21H27ClN2O4S. The summed E-state index contributed by atoms with van der Waals surface area (Å²) in [4.78, 5) is 12.7. The maximum Gasteiger partial charge on any atom is 0.253 e. The highest BCUT2D eigenvalue weighted by atomic mass is 35.5. The first kappa shape index (κ1) is 23.0. The monoisotopic (exact) mass is 438 g/mol. The highest BCUT2D eigenvalue weighted by Crippen LogP contribution is 2.32. The lowest BCUT2D eigenvalue weighted by Crippen LogP contribution is -2.27. The van der Waals surface area contributed by atoms with E-state index in [1.165, 1.54) is 18.2 Å². The van der Waals surface area contributed by atoms with Crippen LogP contribution in [0.1, 0.15) is 59.8 Å². The van der Waals surface area contributed by atoms with Crippen molar-refractivity contribution in [3.63, 3.8) is 0 Å². The number of carbonyl (C=O) groups excluding carboxylic acids is 1. The Kier molecular flexibility index (Phi) is 7.19. The number of ether oxygens (including phenoxy) is 1. The van der Waals surface area contributed by atoms with Gasteiger partial charge in [0.2, 0.25) is 10.0 Å². The summed E-state index contributed by atoms with van der Waals surface area (Å²) in [6.45, 7) is 8.06. The summed E-state index contributed by atoms with van der Waals surface area (Å²) in [7, 11) is -1.77. The van der Waals surface area contributed by atoms with E-state index in [0.717, 1.165) is 28.7 Å². The number of amides is 1. The number of methoxy groups -OCH3 is 1. The number of nitrogens with one attached hydrogen (secondary N) is 2. The molecule has 0 bridgehead atoms. The SMILES string of the molecule is COc1cc(C)c(C(C)NC(=O)c2ccc(NS(C)(=O)=O)cc2Cl)cc1C(C)C. The van der Waals surface area contributed by atoms with Crippen molar-refractivity contribution in [2.75, 3.05) is 18.1 Å². The number of sulfonamides is 1. The van der Waals surface area contributed by atoms with E-state index in [1.54, 1.807) is 7.11 Å². The Balaban J connectivity index is 2.26. The van der Waals surface area contributed by atoms with E-state index in [4.69, 9.17) is 16.3 Å². The second kappa shape index (κ2) is 9.05. The molecule has 0 saturated heterocycles. The number of halogens is 1. The van der Waals surface area contributed by atoms with E-state index >= 15 is 0 Å². The van der Waals surface area contributed by atoms with Gasteiger partial charge in [-0.05, 0) is 66.8 Å². The molecule has 0 radical (unpaired) electrons. The third kappa shape index (κ3) is 5.87. The normalized spacial score (nSPS) is 12.6. The van der Waals surface area contributed by atoms with Crippen LogP contribution in [0.4, 0.5) is 5.69 Å². The summed E-state index contributed by atoms with van der Waals surface area (Å²) in [5.41, 5.74) is 3.65. The topological polar surface area (TPSA) is 84.5 Å². The molecule has 1 amide bonds. The number of hydrogen-bond acceptors (Lipinski definition) is 4. The first-order chi connectivity index (χ1) is 13.4. The molecule has 1 unspecified atom stereocenters. The highest BCUT2D eigenvalue weighted by molar-refractivity contribution is 7.92. The third-order valence-corrected chi connectivity index (χ3v) is 5.49. The Labute approximate surface area is 177 Å². The smallest absolute Gasteiger partial charge is 0.253 e. The fourth-order valence-corrected chi connectivity index (χ4v) is 3.96. The minimum absolute atomic E-state index is 0.165. The number of rotatable bonds is 7. The molecule has 0 aliphatic carbocycles. The van der Waals surface area contributed by atoms with Gasteiger partial charge in [-0.1, -0.05) is 25.4 Å². The lowest BCUT2D eigenvalue weighted by Gasteiger charge is -2.21. The van der Waals surface area contributed by atoms with Crippen LogP contribution in [0, 0.1) is 6.92 Å². The van der Waals surface area contributed by atoms with Gasteiger partial charge in [0, 0.05) is 5.69 Å². The molecule has 0 aromatic heterocycles. The molecule has 158 valence electrons. The summed E-state index contributed by atoms with van der Waals surface area (Å²) in [6.07, 6.45) is 1.05. The Bertz CT molecular complexity index is 1020. The predicted molar refractivity (Wildman–Crippen MR) is 118 cm³/mol. The molecule has 0 aliphatic heterocycles. The van der Waals surface area contributed by atoms with Crippen molar-refractivity contribution in [2.24, 2.45) is 0 Å². The molecule has 1 atom stereocenters. The minimum atomic E-state index is -3.42. The quantitative estimate of drug-likeness (QED) is 0.659. The maximum absolute atomic E-state index is 12.7. The standard InChI is InChI=1S/C21H27ClN2O4S/c1-12(2)17-11-18(13(3)9-20(17)28-5)14(4)23-21(25)16-8-7-15(10-19(16)22)24-29(6,26)27/h7-12,14,24H,1-6H3,(H,23,25). The fraction of sp³-hybridized carbons (Fsp3) is 0.381. The molecule has 0 spiro atoms. The molecule has 2 N–H and O–H groups in total. The van der Waals surface area contributed by atoms with Crippen molar-refractivity contribution in [3.05, 3.63) is 57.6 Å². The average molecular weight is 439 g/mol. The largest absolute Gasteiger partial charge is 0.496 e. The van der Waals surface area contributed by atoms with Gasteiger partial charge in [0.25, 0.3) is 5.91 Å². The Morgan fingerprint density at radius 2 is 1.76 bits per heavy atom. The fourth-order valence-electron chi connectivity index (χ4n) is 3.14. The molecule has 0 fully saturated rings.